The number of aliphatic hydroxyl groups excluding tert-OH is 1. The number of carbonyl (C=O) groups excluding carboxylic acids is 2. The van der Waals surface area contributed by atoms with Crippen molar-refractivity contribution in [2.45, 2.75) is 45.8 Å². The Kier molecular flexibility index (Phi) is 7.32. The van der Waals surface area contributed by atoms with Crippen LogP contribution in [0.4, 0.5) is 9.52 Å². The summed E-state index contributed by atoms with van der Waals surface area (Å²) < 4.78 is 32.0. The zero-order valence-electron chi connectivity index (χ0n) is 23.3. The van der Waals surface area contributed by atoms with Gasteiger partial charge in [-0.15, -0.1) is 0 Å². The van der Waals surface area contributed by atoms with E-state index in [1.165, 1.54) is 23.1 Å². The van der Waals surface area contributed by atoms with E-state index in [1.54, 1.807) is 36.4 Å². The number of anilines is 1. The second-order valence-corrected chi connectivity index (χ2v) is 11.2. The predicted octanol–water partition coefficient (Wildman–Crippen LogP) is 6.57. The molecule has 1 saturated heterocycles. The van der Waals surface area contributed by atoms with Gasteiger partial charge in [0.1, 0.15) is 23.4 Å². The quantitative estimate of drug-likeness (QED) is 0.141. The molecule has 1 fully saturated rings. The third-order valence-corrected chi connectivity index (χ3v) is 8.22. The van der Waals surface area contributed by atoms with Crippen LogP contribution in [0.2, 0.25) is 0 Å². The SMILES string of the molecule is CCCOc1ccc([C@H]2C(=C(O)c3ccc4c(c3)C[C@@H](C)O4)C(=O)C(=O)N2c2nc3ccc(F)cc3s2)cc1OCC. The van der Waals surface area contributed by atoms with Crippen LogP contribution in [-0.4, -0.2) is 41.1 Å². The van der Waals surface area contributed by atoms with Gasteiger partial charge in [0.05, 0.1) is 35.0 Å². The van der Waals surface area contributed by atoms with Crippen molar-refractivity contribution in [1.29, 1.82) is 0 Å². The van der Waals surface area contributed by atoms with Crippen molar-refractivity contribution < 1.29 is 33.3 Å². The summed E-state index contributed by atoms with van der Waals surface area (Å²) in [6.45, 7) is 6.66. The van der Waals surface area contributed by atoms with E-state index in [4.69, 9.17) is 14.2 Å². The third-order valence-electron chi connectivity index (χ3n) is 7.20. The summed E-state index contributed by atoms with van der Waals surface area (Å²) in [5.74, 6) is -0.732. The number of nitrogens with zero attached hydrogens (tertiary/aromatic N) is 2. The van der Waals surface area contributed by atoms with E-state index >= 15 is 0 Å². The minimum atomic E-state index is -1.03. The molecule has 0 unspecified atom stereocenters. The number of aliphatic hydroxyl groups is 1. The summed E-state index contributed by atoms with van der Waals surface area (Å²) in [6, 6.07) is 13.5. The molecule has 2 aliphatic heterocycles. The van der Waals surface area contributed by atoms with Gasteiger partial charge >= 0.3 is 5.91 Å². The van der Waals surface area contributed by atoms with Crippen LogP contribution in [0.15, 0.2) is 60.2 Å². The van der Waals surface area contributed by atoms with Crippen molar-refractivity contribution in [2.75, 3.05) is 18.1 Å². The average Bonchev–Trinajstić information content (AvgIpc) is 3.63. The summed E-state index contributed by atoms with van der Waals surface area (Å²) in [5.41, 5.74) is 2.23. The Labute approximate surface area is 246 Å². The highest BCUT2D eigenvalue weighted by Crippen LogP contribution is 2.46. The first kappa shape index (κ1) is 27.7. The number of hydrogen-bond acceptors (Lipinski definition) is 8. The van der Waals surface area contributed by atoms with Crippen LogP contribution in [0, 0.1) is 5.82 Å². The third kappa shape index (κ3) is 4.85. The normalized spacial score (nSPS) is 19.3. The second kappa shape index (κ2) is 11.1. The van der Waals surface area contributed by atoms with Crippen molar-refractivity contribution in [1.82, 2.24) is 4.98 Å². The van der Waals surface area contributed by atoms with Crippen molar-refractivity contribution in [3.63, 3.8) is 0 Å². The Morgan fingerprint density at radius 1 is 1.10 bits per heavy atom. The van der Waals surface area contributed by atoms with Crippen LogP contribution in [0.5, 0.6) is 17.2 Å². The number of carbonyl (C=O) groups is 2. The molecule has 0 spiro atoms. The molecule has 42 heavy (non-hydrogen) atoms. The summed E-state index contributed by atoms with van der Waals surface area (Å²) in [6.07, 6.45) is 1.46. The van der Waals surface area contributed by atoms with E-state index in [0.29, 0.717) is 52.5 Å². The molecule has 0 bridgehead atoms. The molecule has 0 aliphatic carbocycles. The summed E-state index contributed by atoms with van der Waals surface area (Å²) in [4.78, 5) is 33.2. The van der Waals surface area contributed by atoms with Gasteiger partial charge in [0.15, 0.2) is 16.6 Å². The number of ketones is 1. The number of ether oxygens (including phenoxy) is 3. The Morgan fingerprint density at radius 2 is 1.93 bits per heavy atom. The summed E-state index contributed by atoms with van der Waals surface area (Å²) in [7, 11) is 0. The van der Waals surface area contributed by atoms with Crippen molar-refractivity contribution in [3.8, 4) is 17.2 Å². The average molecular weight is 589 g/mol. The highest BCUT2D eigenvalue weighted by atomic mass is 32.1. The van der Waals surface area contributed by atoms with Gasteiger partial charge in [0.2, 0.25) is 0 Å². The van der Waals surface area contributed by atoms with Crippen LogP contribution in [0.3, 0.4) is 0 Å². The van der Waals surface area contributed by atoms with Crippen LogP contribution >= 0.6 is 11.3 Å². The molecule has 6 rings (SSSR count). The van der Waals surface area contributed by atoms with Crippen molar-refractivity contribution in [3.05, 3.63) is 82.7 Å². The van der Waals surface area contributed by atoms with Gasteiger partial charge in [0.25, 0.3) is 5.78 Å². The van der Waals surface area contributed by atoms with E-state index in [-0.39, 0.29) is 22.6 Å². The van der Waals surface area contributed by atoms with Gasteiger partial charge in [-0.2, -0.15) is 0 Å². The zero-order chi connectivity index (χ0) is 29.5. The fourth-order valence-corrected chi connectivity index (χ4v) is 6.37. The number of thiazole rings is 1. The van der Waals surface area contributed by atoms with Crippen LogP contribution in [-0.2, 0) is 16.0 Å². The number of halogens is 1. The molecule has 3 heterocycles. The minimum absolute atomic E-state index is 0.00252. The maximum atomic E-state index is 14.0. The number of amides is 1. The Bertz CT molecular complexity index is 1750. The lowest BCUT2D eigenvalue weighted by atomic mass is 9.94. The molecule has 0 radical (unpaired) electrons. The Balaban J connectivity index is 1.53. The van der Waals surface area contributed by atoms with E-state index in [9.17, 15) is 19.1 Å². The lowest BCUT2D eigenvalue weighted by Gasteiger charge is -2.24. The molecular formula is C32H29FN2O6S. The van der Waals surface area contributed by atoms with Crippen LogP contribution in [0.25, 0.3) is 16.0 Å². The highest BCUT2D eigenvalue weighted by molar-refractivity contribution is 7.22. The summed E-state index contributed by atoms with van der Waals surface area (Å²) >= 11 is 1.09. The lowest BCUT2D eigenvalue weighted by molar-refractivity contribution is -0.132. The molecule has 2 aliphatic rings. The number of hydrogen-bond donors (Lipinski definition) is 1. The number of fused-ring (bicyclic) bond motifs is 2. The van der Waals surface area contributed by atoms with Gasteiger partial charge in [0, 0.05) is 12.0 Å². The number of aromatic nitrogens is 1. The van der Waals surface area contributed by atoms with Gasteiger partial charge in [-0.05, 0) is 79.9 Å². The largest absolute Gasteiger partial charge is 0.507 e. The Hall–Kier alpha value is -4.44. The lowest BCUT2D eigenvalue weighted by Crippen LogP contribution is -2.29. The molecule has 216 valence electrons. The molecule has 10 heteroatoms. The predicted molar refractivity (Wildman–Crippen MR) is 158 cm³/mol. The van der Waals surface area contributed by atoms with Crippen molar-refractivity contribution >= 4 is 44.1 Å². The fourth-order valence-electron chi connectivity index (χ4n) is 5.35. The number of Topliss-reactive ketones (excluding diaryl/α,β-unsaturated/α-hetero) is 1. The first-order valence-corrected chi connectivity index (χ1v) is 14.7. The first-order valence-electron chi connectivity index (χ1n) is 13.9. The molecular weight excluding hydrogens is 559 g/mol. The Morgan fingerprint density at radius 3 is 2.71 bits per heavy atom. The molecule has 4 aromatic rings. The highest BCUT2D eigenvalue weighted by Gasteiger charge is 2.48. The summed E-state index contributed by atoms with van der Waals surface area (Å²) in [5, 5.41) is 11.8. The van der Waals surface area contributed by atoms with Gasteiger partial charge in [-0.25, -0.2) is 9.37 Å². The fraction of sp³-hybridized carbons (Fsp3) is 0.281. The number of benzene rings is 3. The maximum absolute atomic E-state index is 14.0. The van der Waals surface area contributed by atoms with E-state index in [1.807, 2.05) is 20.8 Å². The van der Waals surface area contributed by atoms with Gasteiger partial charge < -0.3 is 19.3 Å². The van der Waals surface area contributed by atoms with Crippen molar-refractivity contribution in [2.24, 2.45) is 0 Å². The molecule has 1 aromatic heterocycles. The molecule has 1 N–H and O–H groups in total. The monoisotopic (exact) mass is 588 g/mol. The topological polar surface area (TPSA) is 98.2 Å². The van der Waals surface area contributed by atoms with E-state index in [0.717, 1.165) is 29.1 Å². The molecule has 1 amide bonds. The minimum Gasteiger partial charge on any atom is -0.507 e. The zero-order valence-corrected chi connectivity index (χ0v) is 24.2. The van der Waals surface area contributed by atoms with Gasteiger partial charge in [-0.3, -0.25) is 14.5 Å². The first-order chi connectivity index (χ1) is 20.3. The van der Waals surface area contributed by atoms with Gasteiger partial charge in [-0.1, -0.05) is 24.3 Å². The molecule has 0 saturated carbocycles. The standard InChI is InChI=1S/C32H29FN2O6S/c1-4-12-40-24-11-6-18(15-25(24)39-5-2)28-27(29(36)19-7-10-23-20(14-19)13-17(3)41-23)30(37)31(38)35(28)32-34-22-9-8-21(33)16-26(22)42-32/h6-11,14-17,28,36H,4-5,12-13H2,1-3H3/t17-,28+/m1/s1. The second-order valence-electron chi connectivity index (χ2n) is 10.2. The van der Waals surface area contributed by atoms with Crippen LogP contribution < -0.4 is 19.1 Å². The molecule has 3 aromatic carbocycles. The molecule has 2 atom stereocenters. The molecule has 8 nitrogen and oxygen atoms in total. The smallest absolute Gasteiger partial charge is 0.301 e. The number of rotatable bonds is 8. The van der Waals surface area contributed by atoms with E-state index < -0.39 is 23.5 Å². The van der Waals surface area contributed by atoms with Crippen LogP contribution in [0.1, 0.15) is 49.9 Å². The maximum Gasteiger partial charge on any atom is 0.301 e. The van der Waals surface area contributed by atoms with E-state index in [2.05, 4.69) is 4.98 Å².